The van der Waals surface area contributed by atoms with Crippen molar-refractivity contribution in [2.45, 2.75) is 31.1 Å². The number of likely N-dealkylation sites (N-methyl/N-ethyl adjacent to an activating group) is 1. The first kappa shape index (κ1) is 19.8. The summed E-state index contributed by atoms with van der Waals surface area (Å²) in [4.78, 5) is 12.2. The van der Waals surface area contributed by atoms with Crippen LogP contribution in [0.2, 0.25) is 5.02 Å². The lowest BCUT2D eigenvalue weighted by Crippen LogP contribution is -2.34. The molecule has 136 valence electrons. The highest BCUT2D eigenvalue weighted by Crippen LogP contribution is 2.19. The van der Waals surface area contributed by atoms with Gasteiger partial charge in [0.05, 0.1) is 11.4 Å². The van der Waals surface area contributed by atoms with Crippen LogP contribution in [0.25, 0.3) is 0 Å². The number of carbonyl (C=O) groups is 1. The van der Waals surface area contributed by atoms with Gasteiger partial charge in [0.2, 0.25) is 21.1 Å². The average Bonchev–Trinajstić information content (AvgIpc) is 3.00. The number of unbranched alkanes of at least 4 members (excludes halogenated alkanes) is 1. The molecule has 0 spiro atoms. The lowest BCUT2D eigenvalue weighted by Gasteiger charge is -2.16. The monoisotopic (exact) mass is 402 g/mol. The van der Waals surface area contributed by atoms with Crippen molar-refractivity contribution in [1.29, 1.82) is 0 Å². The zero-order valence-electron chi connectivity index (χ0n) is 13.9. The third kappa shape index (κ3) is 5.46. The van der Waals surface area contributed by atoms with Gasteiger partial charge in [-0.2, -0.15) is 4.31 Å². The van der Waals surface area contributed by atoms with Crippen LogP contribution in [0.3, 0.4) is 0 Å². The lowest BCUT2D eigenvalue weighted by atomic mass is 10.3. The Kier molecular flexibility index (Phi) is 6.88. The van der Waals surface area contributed by atoms with Crippen LogP contribution < -0.4 is 5.32 Å². The molecule has 1 aromatic heterocycles. The predicted octanol–water partition coefficient (Wildman–Crippen LogP) is 2.79. The fraction of sp³-hybridized carbons (Fsp3) is 0.400. The van der Waals surface area contributed by atoms with Gasteiger partial charge in [-0.3, -0.25) is 10.1 Å². The number of carbonyl (C=O) groups excluding carboxylic acids is 1. The molecule has 0 aliphatic carbocycles. The van der Waals surface area contributed by atoms with Crippen molar-refractivity contribution in [2.75, 3.05) is 18.9 Å². The maximum absolute atomic E-state index is 12.4. The molecule has 1 N–H and O–H groups in total. The fourth-order valence-electron chi connectivity index (χ4n) is 1.97. The molecule has 10 heteroatoms. The minimum Gasteiger partial charge on any atom is -0.299 e. The minimum atomic E-state index is -3.77. The molecule has 0 saturated heterocycles. The molecule has 2 rings (SSSR count). The second-order valence-corrected chi connectivity index (χ2v) is 8.91. The van der Waals surface area contributed by atoms with Crippen molar-refractivity contribution in [3.63, 3.8) is 0 Å². The van der Waals surface area contributed by atoms with Crippen molar-refractivity contribution in [2.24, 2.45) is 0 Å². The molecule has 0 radical (unpaired) electrons. The van der Waals surface area contributed by atoms with Crippen LogP contribution in [-0.4, -0.2) is 42.4 Å². The number of nitrogens with zero attached hydrogens (tertiary/aromatic N) is 3. The van der Waals surface area contributed by atoms with Crippen molar-refractivity contribution in [1.82, 2.24) is 14.5 Å². The van der Waals surface area contributed by atoms with Crippen molar-refractivity contribution in [3.05, 3.63) is 34.3 Å². The molecule has 2 aromatic rings. The second-order valence-electron chi connectivity index (χ2n) is 5.37. The van der Waals surface area contributed by atoms with Crippen molar-refractivity contribution in [3.8, 4) is 0 Å². The standard InChI is InChI=1S/C15H19ClN4O3S2/c1-3-4-5-14-18-19-15(24-14)17-13(21)10-20(2)25(22,23)12-8-6-11(16)7-9-12/h6-9H,3-5,10H2,1-2H3,(H,17,19,21). The number of sulfonamides is 1. The molecule has 25 heavy (non-hydrogen) atoms. The zero-order valence-corrected chi connectivity index (χ0v) is 16.3. The van der Waals surface area contributed by atoms with Gasteiger partial charge in [-0.15, -0.1) is 10.2 Å². The maximum Gasteiger partial charge on any atom is 0.243 e. The summed E-state index contributed by atoms with van der Waals surface area (Å²) in [5.41, 5.74) is 0. The first-order valence-corrected chi connectivity index (χ1v) is 10.3. The van der Waals surface area contributed by atoms with Gasteiger partial charge in [-0.25, -0.2) is 8.42 Å². The van der Waals surface area contributed by atoms with Crippen molar-refractivity contribution >= 4 is 44.0 Å². The van der Waals surface area contributed by atoms with Crippen LogP contribution in [0.1, 0.15) is 24.8 Å². The summed E-state index contributed by atoms with van der Waals surface area (Å²) >= 11 is 7.06. The Balaban J connectivity index is 1.97. The SMILES string of the molecule is CCCCc1nnc(NC(=O)CN(C)S(=O)(=O)c2ccc(Cl)cc2)s1. The van der Waals surface area contributed by atoms with Crippen LogP contribution in [0.4, 0.5) is 5.13 Å². The van der Waals surface area contributed by atoms with Crippen LogP contribution in [0.15, 0.2) is 29.2 Å². The molecule has 0 bridgehead atoms. The van der Waals surface area contributed by atoms with E-state index in [0.717, 1.165) is 28.6 Å². The number of aryl methyl sites for hydroxylation is 1. The Labute approximate surface area is 156 Å². The van der Waals surface area contributed by atoms with Gasteiger partial charge in [-0.05, 0) is 30.7 Å². The van der Waals surface area contributed by atoms with E-state index in [0.29, 0.717) is 10.2 Å². The van der Waals surface area contributed by atoms with E-state index in [1.165, 1.54) is 42.6 Å². The molecule has 0 aliphatic heterocycles. The number of halogens is 1. The highest BCUT2D eigenvalue weighted by Gasteiger charge is 2.23. The molecule has 0 fully saturated rings. The maximum atomic E-state index is 12.4. The number of rotatable bonds is 8. The third-order valence-electron chi connectivity index (χ3n) is 3.35. The van der Waals surface area contributed by atoms with E-state index in [1.54, 1.807) is 0 Å². The number of aromatic nitrogens is 2. The third-order valence-corrected chi connectivity index (χ3v) is 6.31. The molecular weight excluding hydrogens is 384 g/mol. The summed E-state index contributed by atoms with van der Waals surface area (Å²) in [6.45, 7) is 1.76. The Morgan fingerprint density at radius 2 is 1.96 bits per heavy atom. The van der Waals surface area contributed by atoms with Gasteiger partial charge < -0.3 is 0 Å². The first-order valence-electron chi connectivity index (χ1n) is 7.67. The van der Waals surface area contributed by atoms with E-state index in [1.807, 2.05) is 0 Å². The van der Waals surface area contributed by atoms with E-state index in [9.17, 15) is 13.2 Å². The molecule has 0 aliphatic rings. The summed E-state index contributed by atoms with van der Waals surface area (Å²) < 4.78 is 25.8. The van der Waals surface area contributed by atoms with Gasteiger partial charge >= 0.3 is 0 Å². The van der Waals surface area contributed by atoms with Gasteiger partial charge in [0, 0.05) is 18.5 Å². The van der Waals surface area contributed by atoms with Crippen LogP contribution in [-0.2, 0) is 21.2 Å². The van der Waals surface area contributed by atoms with Gasteiger partial charge in [0.1, 0.15) is 5.01 Å². The van der Waals surface area contributed by atoms with E-state index in [2.05, 4.69) is 22.4 Å². The number of benzene rings is 1. The largest absolute Gasteiger partial charge is 0.299 e. The Morgan fingerprint density at radius 3 is 2.60 bits per heavy atom. The number of anilines is 1. The summed E-state index contributed by atoms with van der Waals surface area (Å²) in [6.07, 6.45) is 2.87. The molecule has 1 amide bonds. The van der Waals surface area contributed by atoms with E-state index in [4.69, 9.17) is 11.6 Å². The minimum absolute atomic E-state index is 0.0740. The average molecular weight is 403 g/mol. The van der Waals surface area contributed by atoms with E-state index >= 15 is 0 Å². The highest BCUT2D eigenvalue weighted by atomic mass is 35.5. The first-order chi connectivity index (χ1) is 11.8. The fourth-order valence-corrected chi connectivity index (χ4v) is 4.02. The number of amides is 1. The summed E-state index contributed by atoms with van der Waals surface area (Å²) in [7, 11) is -2.43. The molecular formula is C15H19ClN4O3S2. The smallest absolute Gasteiger partial charge is 0.243 e. The van der Waals surface area contributed by atoms with Crippen LogP contribution >= 0.6 is 22.9 Å². The lowest BCUT2D eigenvalue weighted by molar-refractivity contribution is -0.116. The second kappa shape index (κ2) is 8.70. The Hall–Kier alpha value is -1.55. The van der Waals surface area contributed by atoms with Crippen LogP contribution in [0, 0.1) is 0 Å². The Bertz CT molecular complexity index is 822. The highest BCUT2D eigenvalue weighted by molar-refractivity contribution is 7.89. The molecule has 0 saturated carbocycles. The number of hydrogen-bond acceptors (Lipinski definition) is 6. The topological polar surface area (TPSA) is 92.3 Å². The molecule has 7 nitrogen and oxygen atoms in total. The van der Waals surface area contributed by atoms with Crippen molar-refractivity contribution < 1.29 is 13.2 Å². The summed E-state index contributed by atoms with van der Waals surface area (Å²) in [5.74, 6) is -0.474. The number of hydrogen-bond donors (Lipinski definition) is 1. The quantitative estimate of drug-likeness (QED) is 0.732. The molecule has 0 atom stereocenters. The Morgan fingerprint density at radius 1 is 1.28 bits per heavy atom. The van der Waals surface area contributed by atoms with Crippen LogP contribution in [0.5, 0.6) is 0 Å². The van der Waals surface area contributed by atoms with Gasteiger partial charge in [-0.1, -0.05) is 36.3 Å². The van der Waals surface area contributed by atoms with E-state index in [-0.39, 0.29) is 11.4 Å². The van der Waals surface area contributed by atoms with E-state index < -0.39 is 15.9 Å². The summed E-state index contributed by atoms with van der Waals surface area (Å²) in [6, 6.07) is 5.77. The molecule has 1 heterocycles. The number of nitrogens with one attached hydrogen (secondary N) is 1. The molecule has 0 unspecified atom stereocenters. The molecule has 1 aromatic carbocycles. The normalized spacial score (nSPS) is 11.7. The summed E-state index contributed by atoms with van der Waals surface area (Å²) in [5, 5.41) is 12.1. The van der Waals surface area contributed by atoms with Gasteiger partial charge in [0.15, 0.2) is 0 Å². The zero-order chi connectivity index (χ0) is 18.4. The predicted molar refractivity (Wildman–Crippen MR) is 98.4 cm³/mol. The van der Waals surface area contributed by atoms with Gasteiger partial charge in [0.25, 0.3) is 0 Å².